The molecule has 0 radical (unpaired) electrons. The van der Waals surface area contributed by atoms with Gasteiger partial charge < -0.3 is 20.4 Å². The summed E-state index contributed by atoms with van der Waals surface area (Å²) >= 11 is 0. The first-order chi connectivity index (χ1) is 11.8. The topological polar surface area (TPSA) is 174 Å². The molecule has 0 heterocycles. The van der Waals surface area contributed by atoms with Crippen molar-refractivity contribution in [3.63, 3.8) is 0 Å². The smallest absolute Gasteiger partial charge is 0.337 e. The van der Waals surface area contributed by atoms with Gasteiger partial charge in [0.05, 0.1) is 27.8 Å². The monoisotopic (exact) mass is 349 g/mol. The van der Waals surface area contributed by atoms with Crippen LogP contribution in [0.15, 0.2) is 36.4 Å². The Morgan fingerprint density at radius 3 is 2.36 bits per heavy atom. The number of nitro benzene ring substituents is 1. The van der Waals surface area contributed by atoms with Gasteiger partial charge in [0.1, 0.15) is 5.69 Å². The molecule has 0 saturated carbocycles. The fourth-order valence-corrected chi connectivity index (χ4v) is 1.99. The molecule has 0 spiro atoms. The number of rotatable bonds is 7. The number of carboxylic acid groups (broad SMARTS) is 2. The van der Waals surface area contributed by atoms with Gasteiger partial charge in [0.25, 0.3) is 5.69 Å². The van der Waals surface area contributed by atoms with Crippen LogP contribution in [0.2, 0.25) is 0 Å². The first-order valence-corrected chi connectivity index (χ1v) is 6.53. The molecule has 0 saturated heterocycles. The van der Waals surface area contributed by atoms with Gasteiger partial charge in [-0.1, -0.05) is 4.99 Å². The summed E-state index contributed by atoms with van der Waals surface area (Å²) in [5, 5.41) is 32.0. The molecular weight excluding hydrogens is 338 g/mol. The second kappa shape index (κ2) is 7.25. The SMILES string of the molecule is NOOc1ccc(Nc2cc(C(=O)O)ccc2C(=O)O)c([N+](=O)[O-])c1. The Labute approximate surface area is 139 Å². The molecule has 5 N–H and O–H groups in total. The van der Waals surface area contributed by atoms with E-state index in [0.29, 0.717) is 0 Å². The number of carboxylic acids is 2. The molecule has 0 aliphatic carbocycles. The van der Waals surface area contributed by atoms with E-state index in [0.717, 1.165) is 24.3 Å². The van der Waals surface area contributed by atoms with E-state index in [4.69, 9.17) is 11.0 Å². The van der Waals surface area contributed by atoms with Crippen LogP contribution in [0.25, 0.3) is 0 Å². The van der Waals surface area contributed by atoms with Gasteiger partial charge in [-0.05, 0) is 30.3 Å². The predicted molar refractivity (Wildman–Crippen MR) is 82.6 cm³/mol. The third-order valence-electron chi connectivity index (χ3n) is 3.08. The molecule has 0 unspecified atom stereocenters. The normalized spacial score (nSPS) is 10.1. The Morgan fingerprint density at radius 1 is 1.08 bits per heavy atom. The van der Waals surface area contributed by atoms with E-state index in [9.17, 15) is 24.8 Å². The van der Waals surface area contributed by atoms with Gasteiger partial charge in [0.2, 0.25) is 0 Å². The van der Waals surface area contributed by atoms with E-state index in [1.54, 1.807) is 0 Å². The van der Waals surface area contributed by atoms with Crippen LogP contribution in [0.1, 0.15) is 20.7 Å². The van der Waals surface area contributed by atoms with Crippen molar-refractivity contribution >= 4 is 29.0 Å². The van der Waals surface area contributed by atoms with E-state index in [2.05, 4.69) is 15.2 Å². The lowest BCUT2D eigenvalue weighted by atomic mass is 10.1. The van der Waals surface area contributed by atoms with Crippen LogP contribution < -0.4 is 16.1 Å². The molecule has 0 aliphatic rings. The number of aromatic carboxylic acids is 2. The number of nitro groups is 1. The van der Waals surface area contributed by atoms with E-state index in [-0.39, 0.29) is 28.3 Å². The van der Waals surface area contributed by atoms with Crippen LogP contribution in [-0.4, -0.2) is 27.1 Å². The maximum absolute atomic E-state index is 11.3. The molecule has 2 rings (SSSR count). The fraction of sp³-hybridized carbons (Fsp3) is 0. The van der Waals surface area contributed by atoms with Gasteiger partial charge in [0.15, 0.2) is 5.75 Å². The Hall–Kier alpha value is -3.70. The lowest BCUT2D eigenvalue weighted by Crippen LogP contribution is -2.07. The number of carbonyl (C=O) groups is 2. The molecule has 0 aromatic heterocycles. The highest BCUT2D eigenvalue weighted by atomic mass is 17.3. The molecule has 25 heavy (non-hydrogen) atoms. The zero-order chi connectivity index (χ0) is 18.6. The molecule has 11 heteroatoms. The Balaban J connectivity index is 2.51. The molecule has 0 bridgehead atoms. The average Bonchev–Trinajstić information content (AvgIpc) is 2.55. The summed E-state index contributed by atoms with van der Waals surface area (Å²) in [5.74, 6) is 2.05. The summed E-state index contributed by atoms with van der Waals surface area (Å²) < 4.78 is 0. The second-order valence-corrected chi connectivity index (χ2v) is 4.61. The van der Waals surface area contributed by atoms with E-state index < -0.39 is 22.5 Å². The number of nitrogens with two attached hydrogens (primary N) is 1. The van der Waals surface area contributed by atoms with Gasteiger partial charge in [-0.2, -0.15) is 5.90 Å². The summed E-state index contributed by atoms with van der Waals surface area (Å²) in [6, 6.07) is 6.76. The van der Waals surface area contributed by atoms with Crippen LogP contribution in [0, 0.1) is 10.1 Å². The van der Waals surface area contributed by atoms with Crippen LogP contribution in [0.4, 0.5) is 17.1 Å². The summed E-state index contributed by atoms with van der Waals surface area (Å²) in [6.45, 7) is 0. The van der Waals surface area contributed by atoms with Crippen molar-refractivity contribution < 1.29 is 34.6 Å². The van der Waals surface area contributed by atoms with Crippen molar-refractivity contribution in [2.45, 2.75) is 0 Å². The lowest BCUT2D eigenvalue weighted by molar-refractivity contribution is -0.384. The predicted octanol–water partition coefficient (Wildman–Crippen LogP) is 1.92. The minimum Gasteiger partial charge on any atom is -0.478 e. The van der Waals surface area contributed by atoms with Gasteiger partial charge in [0, 0.05) is 0 Å². The van der Waals surface area contributed by atoms with Gasteiger partial charge in [-0.25, -0.2) is 9.59 Å². The van der Waals surface area contributed by atoms with Gasteiger partial charge >= 0.3 is 11.9 Å². The molecule has 0 fully saturated rings. The number of benzene rings is 2. The molecule has 2 aromatic rings. The first-order valence-electron chi connectivity index (χ1n) is 6.53. The molecule has 130 valence electrons. The van der Waals surface area contributed by atoms with Crippen molar-refractivity contribution in [2.75, 3.05) is 5.32 Å². The highest BCUT2D eigenvalue weighted by Gasteiger charge is 2.19. The standard InChI is InChI=1S/C14H11N3O8/c15-25-24-8-2-4-10(12(6-8)17(22)23)16-11-5-7(13(18)19)1-3-9(11)14(20)21/h1-6,16H,15H2,(H,18,19)(H,20,21). The van der Waals surface area contributed by atoms with E-state index in [1.807, 2.05) is 0 Å². The summed E-state index contributed by atoms with van der Waals surface area (Å²) in [6.07, 6.45) is 0. The summed E-state index contributed by atoms with van der Waals surface area (Å²) in [4.78, 5) is 41.2. The minimum atomic E-state index is -1.33. The highest BCUT2D eigenvalue weighted by Crippen LogP contribution is 2.33. The van der Waals surface area contributed by atoms with Crippen LogP contribution in [0.5, 0.6) is 5.75 Å². The molecule has 0 aliphatic heterocycles. The number of hydrogen-bond acceptors (Lipinski definition) is 8. The molecular formula is C14H11N3O8. The third kappa shape index (κ3) is 3.99. The third-order valence-corrected chi connectivity index (χ3v) is 3.08. The molecule has 11 nitrogen and oxygen atoms in total. The van der Waals surface area contributed by atoms with E-state index >= 15 is 0 Å². The number of hydrogen-bond donors (Lipinski definition) is 4. The number of anilines is 2. The molecule has 2 aromatic carbocycles. The second-order valence-electron chi connectivity index (χ2n) is 4.61. The zero-order valence-electron chi connectivity index (χ0n) is 12.3. The highest BCUT2D eigenvalue weighted by molar-refractivity contribution is 5.98. The van der Waals surface area contributed by atoms with Crippen LogP contribution >= 0.6 is 0 Å². The largest absolute Gasteiger partial charge is 0.478 e. The summed E-state index contributed by atoms with van der Waals surface area (Å²) in [7, 11) is 0. The maximum Gasteiger partial charge on any atom is 0.337 e. The van der Waals surface area contributed by atoms with Crippen molar-refractivity contribution in [1.29, 1.82) is 0 Å². The Kier molecular flexibility index (Phi) is 5.12. The van der Waals surface area contributed by atoms with Crippen LogP contribution in [0.3, 0.4) is 0 Å². The summed E-state index contributed by atoms with van der Waals surface area (Å²) in [5.41, 5.74) is -1.12. The van der Waals surface area contributed by atoms with Crippen molar-refractivity contribution in [2.24, 2.45) is 5.90 Å². The minimum absolute atomic E-state index is 0.0579. The zero-order valence-corrected chi connectivity index (χ0v) is 12.3. The maximum atomic E-state index is 11.3. The van der Waals surface area contributed by atoms with Gasteiger partial charge in [-0.15, -0.1) is 0 Å². The van der Waals surface area contributed by atoms with Crippen LogP contribution in [-0.2, 0) is 4.99 Å². The first kappa shape index (κ1) is 17.7. The lowest BCUT2D eigenvalue weighted by Gasteiger charge is -2.11. The Bertz CT molecular complexity index is 852. The van der Waals surface area contributed by atoms with E-state index in [1.165, 1.54) is 12.1 Å². The fourth-order valence-electron chi connectivity index (χ4n) is 1.99. The van der Waals surface area contributed by atoms with Crippen molar-refractivity contribution in [3.05, 3.63) is 57.6 Å². The molecule has 0 amide bonds. The van der Waals surface area contributed by atoms with Crippen molar-refractivity contribution in [3.8, 4) is 5.75 Å². The average molecular weight is 349 g/mol. The van der Waals surface area contributed by atoms with Gasteiger partial charge in [-0.3, -0.25) is 10.1 Å². The number of nitrogens with zero attached hydrogens (tertiary/aromatic N) is 1. The molecule has 0 atom stereocenters. The Morgan fingerprint density at radius 2 is 1.80 bits per heavy atom. The van der Waals surface area contributed by atoms with Crippen molar-refractivity contribution in [1.82, 2.24) is 0 Å². The number of nitrogens with one attached hydrogen (secondary N) is 1. The quantitative estimate of drug-likeness (QED) is 0.328.